The van der Waals surface area contributed by atoms with Gasteiger partial charge in [-0.15, -0.1) is 23.1 Å². The largest absolute Gasteiger partial charge is 0.493 e. The minimum Gasteiger partial charge on any atom is -0.493 e. The van der Waals surface area contributed by atoms with E-state index < -0.39 is 6.09 Å². The van der Waals surface area contributed by atoms with Crippen molar-refractivity contribution in [1.82, 2.24) is 9.55 Å². The fourth-order valence-electron chi connectivity index (χ4n) is 12.4. The van der Waals surface area contributed by atoms with Crippen LogP contribution in [0.5, 0.6) is 11.6 Å². The molecule has 117 heavy (non-hydrogen) atoms. The maximum atomic E-state index is 13.3. The number of carbonyl (C=O) groups is 4. The Labute approximate surface area is 697 Å². The first-order valence-corrected chi connectivity index (χ1v) is 42.0. The van der Waals surface area contributed by atoms with Crippen molar-refractivity contribution in [2.24, 2.45) is 25.0 Å². The molecule has 4 aliphatic heterocycles. The molecule has 3 aromatic heterocycles. The Morgan fingerprint density at radius 2 is 0.855 bits per heavy atom. The van der Waals surface area contributed by atoms with E-state index in [-0.39, 0.29) is 23.6 Å². The van der Waals surface area contributed by atoms with Gasteiger partial charge in [0.05, 0.1) is 86.6 Å². The summed E-state index contributed by atoms with van der Waals surface area (Å²) in [6, 6.07) is 104. The number of thiazole rings is 2. The van der Waals surface area contributed by atoms with Crippen LogP contribution in [0.2, 0.25) is 0 Å². The molecule has 1 N–H and O–H groups in total. The number of aryl methyl sites for hydroxylation is 1. The number of amides is 4. The molecule has 17 nitrogen and oxygen atoms in total. The quantitative estimate of drug-likeness (QED) is 0.0847. The highest BCUT2D eigenvalue weighted by Gasteiger charge is 2.37. The van der Waals surface area contributed by atoms with Crippen LogP contribution in [0.3, 0.4) is 0 Å². The second-order valence-corrected chi connectivity index (χ2v) is 32.1. The van der Waals surface area contributed by atoms with Crippen LogP contribution in [-0.4, -0.2) is 60.2 Å². The van der Waals surface area contributed by atoms with E-state index in [0.29, 0.717) is 51.0 Å². The van der Waals surface area contributed by atoms with Gasteiger partial charge in [0.25, 0.3) is 17.7 Å². The van der Waals surface area contributed by atoms with Gasteiger partial charge in [-0.25, -0.2) is 29.7 Å². The van der Waals surface area contributed by atoms with Crippen molar-refractivity contribution >= 4 is 194 Å². The number of benzene rings is 12. The number of aromatic hydroxyl groups is 1. The number of fused-ring (bicyclic) bond motifs is 3. The number of amidine groups is 3. The molecule has 19 rings (SSSR count). The summed E-state index contributed by atoms with van der Waals surface area (Å²) >= 11 is 8.91. The molecule has 0 atom stereocenters. The van der Waals surface area contributed by atoms with Crippen molar-refractivity contribution in [2.75, 3.05) is 21.0 Å². The van der Waals surface area contributed by atoms with Crippen molar-refractivity contribution in [3.05, 3.63) is 391 Å². The molecule has 4 amide bonds. The zero-order valence-electron chi connectivity index (χ0n) is 62.4. The molecule has 15 aromatic rings. The van der Waals surface area contributed by atoms with Gasteiger partial charge in [0, 0.05) is 10.3 Å². The Morgan fingerprint density at radius 1 is 0.427 bits per heavy atom. The number of aromatic nitrogens is 2. The van der Waals surface area contributed by atoms with Crippen LogP contribution in [-0.2, 0) is 14.4 Å². The third-order valence-electron chi connectivity index (χ3n) is 17.9. The lowest BCUT2D eigenvalue weighted by Crippen LogP contribution is -2.28. The number of para-hydroxylation sites is 8. The molecule has 0 radical (unpaired) electrons. The van der Waals surface area contributed by atoms with Crippen molar-refractivity contribution in [3.63, 3.8) is 0 Å². The minimum absolute atomic E-state index is 0.0557. The Bertz CT molecular complexity index is 6600. The summed E-state index contributed by atoms with van der Waals surface area (Å²) in [6.07, 6.45) is 10.7. The number of ether oxygens (including phenoxy) is 1. The molecule has 12 aromatic carbocycles. The lowest BCUT2D eigenvalue weighted by atomic mass is 10.1. The number of carbonyl (C=O) groups excluding carboxylic acids is 4. The molecule has 0 unspecified atom stereocenters. The molecule has 0 spiro atoms. The maximum Gasteiger partial charge on any atom is 0.439 e. The molecule has 3 fully saturated rings. The lowest BCUT2D eigenvalue weighted by molar-refractivity contribution is -0.114. The van der Waals surface area contributed by atoms with Crippen molar-refractivity contribution in [3.8, 4) is 17.3 Å². The highest BCUT2D eigenvalue weighted by atomic mass is 32.2. The normalized spacial score (nSPS) is 16.1. The number of hydrogen-bond donors (Lipinski definition) is 1. The van der Waals surface area contributed by atoms with Crippen LogP contribution in [0.1, 0.15) is 26.6 Å². The van der Waals surface area contributed by atoms with E-state index in [1.807, 2.05) is 335 Å². The van der Waals surface area contributed by atoms with Crippen molar-refractivity contribution < 1.29 is 33.4 Å². The molecule has 3 saturated heterocycles. The Kier molecular flexibility index (Phi) is 24.0. The van der Waals surface area contributed by atoms with E-state index in [9.17, 15) is 24.3 Å². The van der Waals surface area contributed by atoms with Gasteiger partial charge in [-0.3, -0.25) is 33.7 Å². The van der Waals surface area contributed by atoms with Gasteiger partial charge in [-0.1, -0.05) is 187 Å². The lowest BCUT2D eigenvalue weighted by Gasteiger charge is -2.15. The summed E-state index contributed by atoms with van der Waals surface area (Å²) in [7, 11) is 0. The minimum atomic E-state index is -0.619. The predicted octanol–water partition coefficient (Wildman–Crippen LogP) is 22.3. The standard InChI is InChI=1S/C24H17N3OS2.C24H16N2O2S.C23H15N3O3S.C23H18N2OS2/c1-16-25-20-13-12-17(14-21(20)29-16)15-22-23(28)27(19-10-6-3-7-11-19)24(30-22)26-18-8-4-2-5-9-18;27-23-22(16-17-11-12-21-18(15-17)13-14-28-21)29-24(25-19-7-3-1-4-8-19)26(23)20-9-5-2-6-10-20;27-21-20(14-15-11-12-18-19(13-15)29-23(28)25-18)30-22(24-16-7-3-1-4-8-16)26(21)17-9-5-2-6-10-17;1-27-20-14-12-17(13-15-20)16-21-22(26)25(19-10-6-3-7-11-19)23(28-21)24-18-8-4-2-5-9-18/h2-15H,1H3;1-16H;1-14,27H;2-16H,1H3/b22-15-,26-24?;22-16-,25-24?;;21-16-,24-23?. The number of anilines is 3. The topological polar surface area (TPSA) is 200 Å². The summed E-state index contributed by atoms with van der Waals surface area (Å²) in [6.45, 7) is 2.00. The van der Waals surface area contributed by atoms with Gasteiger partial charge in [0.2, 0.25) is 5.88 Å². The van der Waals surface area contributed by atoms with E-state index in [2.05, 4.69) is 28.2 Å². The Balaban J connectivity index is 0.000000117. The first kappa shape index (κ1) is 77.4. The SMILES string of the molecule is CSc1ccc(/C=C2\SC(=Nc3ccccc3)N(c3ccccc3)C2=O)cc1.Cc1nc2ccc(/C=C3\SC(=Nc4ccccc4)N(c4ccccc4)C3=O)cc2s1.O=C1/C(=C/c2ccc3occc3c2)SC(=Nc2ccccc2)N1c1ccccc1.O=C1N=c2ccc(=Cc3sc(=Nc4ccccc4)n(-c4ccccc4)c3O)cc2O1. The number of nitrogens with zero attached hydrogens (tertiary/aromatic N) is 10. The molecule has 4 aliphatic rings. The molecule has 0 bridgehead atoms. The van der Waals surface area contributed by atoms with Crippen LogP contribution < -0.4 is 34.8 Å². The predicted molar refractivity (Wildman–Crippen MR) is 482 cm³/mol. The summed E-state index contributed by atoms with van der Waals surface area (Å²) in [5.41, 5.74) is 11.2. The Hall–Kier alpha value is -13.5. The van der Waals surface area contributed by atoms with E-state index in [4.69, 9.17) is 29.1 Å². The van der Waals surface area contributed by atoms with E-state index in [1.54, 1.807) is 60.8 Å². The second-order valence-electron chi connectivity index (χ2n) is 25.9. The summed E-state index contributed by atoms with van der Waals surface area (Å²) < 4.78 is 13.3. The van der Waals surface area contributed by atoms with Crippen molar-refractivity contribution in [2.45, 2.75) is 11.8 Å². The highest BCUT2D eigenvalue weighted by molar-refractivity contribution is 8.20. The second kappa shape index (κ2) is 36.3. The van der Waals surface area contributed by atoms with E-state index >= 15 is 0 Å². The average Bonchev–Trinajstić information content (AvgIpc) is 1.66. The Morgan fingerprint density at radius 3 is 1.33 bits per heavy atom. The highest BCUT2D eigenvalue weighted by Crippen LogP contribution is 2.42. The molecule has 0 aliphatic carbocycles. The molecular formula is C94H66N10O7S6. The monoisotopic (exact) mass is 1640 g/mol. The average molecular weight is 1640 g/mol. The van der Waals surface area contributed by atoms with Crippen LogP contribution in [0.25, 0.3) is 51.2 Å². The van der Waals surface area contributed by atoms with Crippen LogP contribution in [0, 0.1) is 6.92 Å². The first-order chi connectivity index (χ1) is 57.4. The van der Waals surface area contributed by atoms with E-state index in [0.717, 1.165) is 93.6 Å². The van der Waals surface area contributed by atoms with Gasteiger partial charge in [-0.2, -0.15) is 4.99 Å². The zero-order valence-corrected chi connectivity index (χ0v) is 67.3. The zero-order chi connectivity index (χ0) is 80.0. The molecule has 0 saturated carbocycles. The fourth-order valence-corrected chi connectivity index (χ4v) is 17.7. The van der Waals surface area contributed by atoms with Crippen LogP contribution in [0.15, 0.2) is 383 Å². The number of hydrogen-bond acceptors (Lipinski definition) is 18. The third-order valence-corrected chi connectivity index (χ3v) is 23.5. The summed E-state index contributed by atoms with van der Waals surface area (Å²) in [5.74, 6) is 0.294. The van der Waals surface area contributed by atoms with Gasteiger partial charge in [0.15, 0.2) is 26.1 Å². The van der Waals surface area contributed by atoms with Crippen LogP contribution >= 0.6 is 69.7 Å². The number of thioether (sulfide) groups is 4. The number of rotatable bonds is 13. The van der Waals surface area contributed by atoms with Gasteiger partial charge in [-0.05, 0) is 246 Å². The van der Waals surface area contributed by atoms with Gasteiger partial charge >= 0.3 is 6.09 Å². The van der Waals surface area contributed by atoms with Gasteiger partial charge < -0.3 is 14.3 Å². The molecular weight excluding hydrogens is 1570 g/mol. The number of furan rings is 1. The number of aliphatic imine (C=N–C) groups is 3. The van der Waals surface area contributed by atoms with Gasteiger partial charge in [0.1, 0.15) is 10.9 Å². The smallest absolute Gasteiger partial charge is 0.439 e. The summed E-state index contributed by atoms with van der Waals surface area (Å²) in [4.78, 5) is 87.8. The molecule has 570 valence electrons. The maximum absolute atomic E-state index is 13.3. The molecule has 7 heterocycles. The van der Waals surface area contributed by atoms with Crippen LogP contribution in [0.4, 0.5) is 44.6 Å². The van der Waals surface area contributed by atoms with E-state index in [1.165, 1.54) is 51.5 Å². The molecule has 23 heteroatoms. The third kappa shape index (κ3) is 18.7. The first-order valence-electron chi connectivity index (χ1n) is 36.7. The van der Waals surface area contributed by atoms with Crippen molar-refractivity contribution in [1.29, 1.82) is 0 Å². The summed E-state index contributed by atoms with van der Waals surface area (Å²) in [5, 5.41) is 16.3. The fraction of sp³-hybridized carbons (Fsp3) is 0.0213.